The quantitative estimate of drug-likeness (QED) is 0.780. The topological polar surface area (TPSA) is 35.2 Å². The molecule has 2 rings (SSSR count). The van der Waals surface area contributed by atoms with Crippen molar-refractivity contribution in [3.8, 4) is 11.5 Å². The Labute approximate surface area is 120 Å². The van der Waals surface area contributed by atoms with Gasteiger partial charge in [-0.15, -0.1) is 0 Å². The van der Waals surface area contributed by atoms with Crippen molar-refractivity contribution in [1.29, 1.82) is 0 Å². The number of nitrogen functional groups attached to an aromatic ring is 1. The Morgan fingerprint density at radius 1 is 1.11 bits per heavy atom. The summed E-state index contributed by atoms with van der Waals surface area (Å²) in [5.74, 6) is 1.38. The molecule has 0 bridgehead atoms. The summed E-state index contributed by atoms with van der Waals surface area (Å²) >= 11 is 9.48. The third-order valence-corrected chi connectivity index (χ3v) is 3.70. The minimum Gasteiger partial charge on any atom is -0.455 e. The van der Waals surface area contributed by atoms with Gasteiger partial charge in [0, 0.05) is 9.50 Å². The van der Waals surface area contributed by atoms with Gasteiger partial charge in [-0.25, -0.2) is 0 Å². The van der Waals surface area contributed by atoms with E-state index in [4.69, 9.17) is 22.1 Å². The molecule has 0 heterocycles. The van der Waals surface area contributed by atoms with E-state index in [2.05, 4.69) is 15.9 Å². The fourth-order valence-electron chi connectivity index (χ4n) is 1.70. The molecule has 2 aromatic rings. The van der Waals surface area contributed by atoms with Gasteiger partial charge in [-0.1, -0.05) is 27.5 Å². The molecule has 0 aliphatic rings. The van der Waals surface area contributed by atoms with Crippen molar-refractivity contribution >= 4 is 33.2 Å². The zero-order valence-corrected chi connectivity index (χ0v) is 12.5. The van der Waals surface area contributed by atoms with Gasteiger partial charge in [0.25, 0.3) is 0 Å². The molecule has 0 radical (unpaired) electrons. The van der Waals surface area contributed by atoms with Crippen molar-refractivity contribution in [3.63, 3.8) is 0 Å². The number of ether oxygens (including phenoxy) is 1. The third kappa shape index (κ3) is 2.79. The van der Waals surface area contributed by atoms with Gasteiger partial charge in [0.2, 0.25) is 0 Å². The molecule has 2 aromatic carbocycles. The highest BCUT2D eigenvalue weighted by Gasteiger charge is 2.06. The maximum absolute atomic E-state index is 6.12. The molecule has 0 aliphatic heterocycles. The van der Waals surface area contributed by atoms with Crippen molar-refractivity contribution in [2.75, 3.05) is 5.73 Å². The summed E-state index contributed by atoms with van der Waals surface area (Å²) in [7, 11) is 0. The van der Waals surface area contributed by atoms with Crippen LogP contribution >= 0.6 is 27.5 Å². The van der Waals surface area contributed by atoms with Crippen molar-refractivity contribution in [2.24, 2.45) is 0 Å². The molecule has 18 heavy (non-hydrogen) atoms. The molecule has 0 unspecified atom stereocenters. The van der Waals surface area contributed by atoms with Crippen LogP contribution in [0.3, 0.4) is 0 Å². The number of aryl methyl sites for hydroxylation is 2. The first-order valence-corrected chi connectivity index (χ1v) is 6.64. The molecule has 0 spiro atoms. The van der Waals surface area contributed by atoms with E-state index in [9.17, 15) is 0 Å². The molecule has 0 saturated heterocycles. The fourth-order valence-corrected chi connectivity index (χ4v) is 2.19. The lowest BCUT2D eigenvalue weighted by atomic mass is 10.1. The number of halogens is 2. The van der Waals surface area contributed by atoms with Gasteiger partial charge in [0.15, 0.2) is 0 Å². The second-order valence-corrected chi connectivity index (χ2v) is 5.45. The van der Waals surface area contributed by atoms with E-state index in [1.165, 1.54) is 0 Å². The first-order chi connectivity index (χ1) is 8.47. The van der Waals surface area contributed by atoms with Crippen molar-refractivity contribution in [3.05, 3.63) is 51.0 Å². The molecule has 2 nitrogen and oxygen atoms in total. The Hall–Kier alpha value is -1.19. The van der Waals surface area contributed by atoms with Crippen LogP contribution in [0.25, 0.3) is 0 Å². The summed E-state index contributed by atoms with van der Waals surface area (Å²) in [6, 6.07) is 9.33. The van der Waals surface area contributed by atoms with E-state index < -0.39 is 0 Å². The van der Waals surface area contributed by atoms with Crippen LogP contribution in [0, 0.1) is 13.8 Å². The van der Waals surface area contributed by atoms with Crippen LogP contribution in [0.4, 0.5) is 5.69 Å². The molecule has 0 amide bonds. The number of rotatable bonds is 2. The normalized spacial score (nSPS) is 10.4. The average Bonchev–Trinajstić information content (AvgIpc) is 2.29. The Morgan fingerprint density at radius 3 is 2.28 bits per heavy atom. The average molecular weight is 327 g/mol. The molecule has 0 aliphatic carbocycles. The van der Waals surface area contributed by atoms with E-state index >= 15 is 0 Å². The van der Waals surface area contributed by atoms with Gasteiger partial charge in [-0.3, -0.25) is 0 Å². The zero-order chi connectivity index (χ0) is 13.3. The highest BCUT2D eigenvalue weighted by Crippen LogP contribution is 2.32. The van der Waals surface area contributed by atoms with Crippen LogP contribution in [-0.2, 0) is 0 Å². The summed E-state index contributed by atoms with van der Waals surface area (Å²) < 4.78 is 6.70. The largest absolute Gasteiger partial charge is 0.455 e. The van der Waals surface area contributed by atoms with E-state index in [0.717, 1.165) is 26.4 Å². The Bertz CT molecular complexity index is 575. The third-order valence-electron chi connectivity index (χ3n) is 2.61. The smallest absolute Gasteiger partial charge is 0.150 e. The number of hydrogen-bond acceptors (Lipinski definition) is 2. The standard InChI is InChI=1S/C14H13BrClNO/c1-8-5-11(6-9(2)14(8)16)18-13-4-3-10(15)7-12(13)17/h3-7H,17H2,1-2H3. The first kappa shape index (κ1) is 13.2. The summed E-state index contributed by atoms with van der Waals surface area (Å²) in [6.45, 7) is 3.90. The van der Waals surface area contributed by atoms with Gasteiger partial charge < -0.3 is 10.5 Å². The van der Waals surface area contributed by atoms with Crippen molar-refractivity contribution in [1.82, 2.24) is 0 Å². The van der Waals surface area contributed by atoms with Gasteiger partial charge in [0.1, 0.15) is 11.5 Å². The molecule has 0 aromatic heterocycles. The minimum atomic E-state index is 0.592. The SMILES string of the molecule is Cc1cc(Oc2ccc(Br)cc2N)cc(C)c1Cl. The summed E-state index contributed by atoms with van der Waals surface area (Å²) in [5, 5.41) is 0.770. The van der Waals surface area contributed by atoms with Crippen LogP contribution in [0.1, 0.15) is 11.1 Å². The van der Waals surface area contributed by atoms with Gasteiger partial charge >= 0.3 is 0 Å². The van der Waals surface area contributed by atoms with Gasteiger partial charge in [-0.05, 0) is 55.3 Å². The maximum atomic E-state index is 6.12. The second-order valence-electron chi connectivity index (χ2n) is 4.16. The monoisotopic (exact) mass is 325 g/mol. The fraction of sp³-hybridized carbons (Fsp3) is 0.143. The Kier molecular flexibility index (Phi) is 3.83. The predicted molar refractivity (Wildman–Crippen MR) is 79.6 cm³/mol. The summed E-state index contributed by atoms with van der Waals surface area (Å²) in [4.78, 5) is 0. The molecule has 0 saturated carbocycles. The van der Waals surface area contributed by atoms with E-state index in [1.807, 2.05) is 44.2 Å². The van der Waals surface area contributed by atoms with E-state index in [1.54, 1.807) is 0 Å². The van der Waals surface area contributed by atoms with Gasteiger partial charge in [-0.2, -0.15) is 0 Å². The lowest BCUT2D eigenvalue weighted by Gasteiger charge is -2.11. The predicted octanol–water partition coefficient (Wildman–Crippen LogP) is 5.09. The number of anilines is 1. The van der Waals surface area contributed by atoms with E-state index in [-0.39, 0.29) is 0 Å². The molecule has 94 valence electrons. The highest BCUT2D eigenvalue weighted by molar-refractivity contribution is 9.10. The number of hydrogen-bond donors (Lipinski definition) is 1. The first-order valence-electron chi connectivity index (χ1n) is 5.47. The zero-order valence-electron chi connectivity index (χ0n) is 10.1. The lowest BCUT2D eigenvalue weighted by Crippen LogP contribution is -1.93. The number of nitrogens with two attached hydrogens (primary N) is 1. The van der Waals surface area contributed by atoms with Crippen LogP contribution < -0.4 is 10.5 Å². The molecule has 4 heteroatoms. The van der Waals surface area contributed by atoms with Crippen LogP contribution in [0.15, 0.2) is 34.8 Å². The minimum absolute atomic E-state index is 0.592. The van der Waals surface area contributed by atoms with E-state index in [0.29, 0.717) is 11.4 Å². The molecular weight excluding hydrogens is 314 g/mol. The van der Waals surface area contributed by atoms with Crippen molar-refractivity contribution < 1.29 is 4.74 Å². The highest BCUT2D eigenvalue weighted by atomic mass is 79.9. The maximum Gasteiger partial charge on any atom is 0.150 e. The molecule has 0 fully saturated rings. The Morgan fingerprint density at radius 2 is 1.72 bits per heavy atom. The van der Waals surface area contributed by atoms with Gasteiger partial charge in [0.05, 0.1) is 5.69 Å². The second kappa shape index (κ2) is 5.21. The summed E-state index contributed by atoms with van der Waals surface area (Å²) in [6.07, 6.45) is 0. The molecular formula is C14H13BrClNO. The Balaban J connectivity index is 2.34. The van der Waals surface area contributed by atoms with Crippen LogP contribution in [0.5, 0.6) is 11.5 Å². The van der Waals surface area contributed by atoms with Crippen LogP contribution in [-0.4, -0.2) is 0 Å². The van der Waals surface area contributed by atoms with Crippen LogP contribution in [0.2, 0.25) is 5.02 Å². The lowest BCUT2D eigenvalue weighted by molar-refractivity contribution is 0.484. The van der Waals surface area contributed by atoms with Crippen molar-refractivity contribution in [2.45, 2.75) is 13.8 Å². The molecule has 0 atom stereocenters. The molecule has 2 N–H and O–H groups in total. The number of benzene rings is 2. The summed E-state index contributed by atoms with van der Waals surface area (Å²) in [5.41, 5.74) is 8.46.